The van der Waals surface area contributed by atoms with E-state index in [-0.39, 0.29) is 29.6 Å². The van der Waals surface area contributed by atoms with Crippen molar-refractivity contribution in [3.63, 3.8) is 0 Å². The van der Waals surface area contributed by atoms with Crippen LogP contribution in [0.25, 0.3) is 0 Å². The lowest BCUT2D eigenvalue weighted by molar-refractivity contribution is -0.372. The molecule has 0 bridgehead atoms. The van der Waals surface area contributed by atoms with Crippen LogP contribution in [0.4, 0.5) is 0 Å². The second-order valence-electron chi connectivity index (χ2n) is 30.2. The fourth-order valence-corrected chi connectivity index (χ4v) is 18.5. The molecule has 0 amide bonds. The van der Waals surface area contributed by atoms with Gasteiger partial charge in [-0.15, -0.1) is 0 Å². The van der Waals surface area contributed by atoms with E-state index >= 15 is 4.79 Å². The number of aliphatic hydroxyl groups is 17. The lowest BCUT2D eigenvalue weighted by Gasteiger charge is -2.72. The smallest absolute Gasteiger partial charge is 0.315 e. The molecule has 6 saturated heterocycles. The Labute approximate surface area is 532 Å². The zero-order chi connectivity index (χ0) is 66.9. The summed E-state index contributed by atoms with van der Waals surface area (Å²) in [5, 5.41) is 187. The van der Waals surface area contributed by atoms with Gasteiger partial charge in [0.05, 0.1) is 70.0 Å². The molecule has 6 aliphatic heterocycles. The van der Waals surface area contributed by atoms with Gasteiger partial charge < -0.3 is 144 Å². The number of carbonyl (C=O) groups is 1. The summed E-state index contributed by atoms with van der Waals surface area (Å²) in [7, 11) is 0. The summed E-state index contributed by atoms with van der Waals surface area (Å²) in [6.45, 7) is 10.3. The minimum absolute atomic E-state index is 0.0832. The molecule has 2 unspecified atom stereocenters. The number of ether oxygens (including phenoxy) is 12. The highest BCUT2D eigenvalue weighted by Crippen LogP contribution is 2.76. The first-order valence-electron chi connectivity index (χ1n) is 32.5. The van der Waals surface area contributed by atoms with E-state index in [1.807, 2.05) is 6.92 Å². The number of fused-ring (bicyclic) bond motifs is 7. The van der Waals surface area contributed by atoms with E-state index in [1.165, 1.54) is 6.92 Å². The number of esters is 1. The van der Waals surface area contributed by atoms with Crippen LogP contribution in [0.15, 0.2) is 11.6 Å². The molecule has 0 aromatic carbocycles. The van der Waals surface area contributed by atoms with E-state index in [0.29, 0.717) is 51.4 Å². The van der Waals surface area contributed by atoms with Crippen LogP contribution in [0.5, 0.6) is 0 Å². The van der Waals surface area contributed by atoms with Crippen molar-refractivity contribution < 1.29 is 148 Å². The number of rotatable bonds is 15. The Morgan fingerprint density at radius 1 is 0.543 bits per heavy atom. The highest BCUT2D eigenvalue weighted by molar-refractivity contribution is 5.79. The summed E-state index contributed by atoms with van der Waals surface area (Å²) < 4.78 is 70.6. The molecule has 6 heterocycles. The maximum absolute atomic E-state index is 15.5. The summed E-state index contributed by atoms with van der Waals surface area (Å²) in [6, 6.07) is 0. The van der Waals surface area contributed by atoms with E-state index < -0.39 is 245 Å². The van der Waals surface area contributed by atoms with Gasteiger partial charge in [0.25, 0.3) is 0 Å². The van der Waals surface area contributed by atoms with Crippen LogP contribution >= 0.6 is 0 Å². The van der Waals surface area contributed by atoms with Crippen molar-refractivity contribution in [1.29, 1.82) is 0 Å². The van der Waals surface area contributed by atoms with Crippen molar-refractivity contribution >= 4 is 5.97 Å². The third kappa shape index (κ3) is 11.9. The molecule has 11 rings (SSSR count). The van der Waals surface area contributed by atoms with Crippen LogP contribution in [0, 0.1) is 50.2 Å². The van der Waals surface area contributed by atoms with Gasteiger partial charge in [-0.25, -0.2) is 0 Å². The Kier molecular flexibility index (Phi) is 20.4. The molecule has 528 valence electrons. The van der Waals surface area contributed by atoms with Gasteiger partial charge in [-0.2, -0.15) is 0 Å². The van der Waals surface area contributed by atoms with Crippen molar-refractivity contribution in [2.75, 3.05) is 46.2 Å². The van der Waals surface area contributed by atoms with Gasteiger partial charge in [-0.1, -0.05) is 53.2 Å². The van der Waals surface area contributed by atoms with Crippen LogP contribution in [0.3, 0.4) is 0 Å². The molecule has 4 saturated carbocycles. The van der Waals surface area contributed by atoms with E-state index in [4.69, 9.17) is 56.8 Å². The van der Waals surface area contributed by atoms with E-state index in [0.717, 1.165) is 5.57 Å². The van der Waals surface area contributed by atoms with Crippen molar-refractivity contribution in [3.05, 3.63) is 11.6 Å². The summed E-state index contributed by atoms with van der Waals surface area (Å²) in [5.41, 5.74) is -5.06. The Morgan fingerprint density at radius 2 is 1.13 bits per heavy atom. The van der Waals surface area contributed by atoms with E-state index in [9.17, 15) is 86.8 Å². The third-order valence-electron chi connectivity index (χ3n) is 24.3. The van der Waals surface area contributed by atoms with Crippen molar-refractivity contribution in [3.8, 4) is 0 Å². The van der Waals surface area contributed by atoms with Crippen molar-refractivity contribution in [1.82, 2.24) is 0 Å². The maximum atomic E-state index is 15.5. The molecule has 0 aromatic heterocycles. The van der Waals surface area contributed by atoms with Crippen molar-refractivity contribution in [2.45, 2.75) is 272 Å². The van der Waals surface area contributed by atoms with Gasteiger partial charge in [0.2, 0.25) is 6.29 Å². The Hall–Kier alpha value is -1.91. The average Bonchev–Trinajstić information content (AvgIpc) is 0.730. The third-order valence-corrected chi connectivity index (χ3v) is 24.3. The molecule has 10 fully saturated rings. The highest BCUT2D eigenvalue weighted by atomic mass is 16.8. The summed E-state index contributed by atoms with van der Waals surface area (Å²) in [6.07, 6.45) is -34.9. The molecular formula is C62H100O30. The molecule has 35 atom stereocenters. The maximum Gasteiger partial charge on any atom is 0.315 e. The Bertz CT molecular complexity index is 2610. The fourth-order valence-electron chi connectivity index (χ4n) is 18.5. The molecule has 11 aliphatic rings. The largest absolute Gasteiger partial charge is 0.432 e. The monoisotopic (exact) mass is 1320 g/mol. The highest BCUT2D eigenvalue weighted by Gasteiger charge is 2.72. The van der Waals surface area contributed by atoms with Gasteiger partial charge in [-0.3, -0.25) is 4.79 Å². The first kappa shape index (κ1) is 71.4. The summed E-state index contributed by atoms with van der Waals surface area (Å²) >= 11 is 0. The van der Waals surface area contributed by atoms with Crippen LogP contribution in [-0.4, -0.2) is 304 Å². The number of carbonyl (C=O) groups excluding carboxylic acids is 1. The van der Waals surface area contributed by atoms with Gasteiger partial charge in [-0.05, 0) is 104 Å². The SMILES string of the molecule is C[C@@H]1O[C@@H](O[C@H]2[C@H](OC(=O)[C@]34CCC(C)(C)CC3C3=CC[C@@H]5[C@@]6(C)C[C@H](O)[C@H](O[C@@H]7O[C@H](CO)[C@@H](O)[C@H](O[C@@H]8OC[C@@H](O)[C@H](O)[C@H]8O)[C@H]7O)[C@@](C)(CO)C6CC[C@@]5(C)[C@]3(C)CC4)OC[C@H](O)[C@@H]2O)[C@H](O)[C@H](O)[C@H]1O[C@@H]1OC[C@@H](O)[C@H](O[C@@H]2OC[C@](O)(CO)[C@H]2O)[C@H]1O. The Morgan fingerprint density at radius 3 is 1.79 bits per heavy atom. The molecule has 30 heteroatoms. The molecule has 30 nitrogen and oxygen atoms in total. The molecule has 0 radical (unpaired) electrons. The molecule has 92 heavy (non-hydrogen) atoms. The Balaban J connectivity index is 0.785. The minimum atomic E-state index is -2.07. The topological polar surface area (TPSA) is 472 Å². The average molecular weight is 1330 g/mol. The molecular weight excluding hydrogens is 1220 g/mol. The van der Waals surface area contributed by atoms with Crippen LogP contribution in [0.1, 0.15) is 106 Å². The second-order valence-corrected chi connectivity index (χ2v) is 30.2. The predicted octanol–water partition coefficient (Wildman–Crippen LogP) is -4.86. The van der Waals surface area contributed by atoms with E-state index in [2.05, 4.69) is 40.7 Å². The second kappa shape index (κ2) is 26.3. The van der Waals surface area contributed by atoms with E-state index in [1.54, 1.807) is 0 Å². The molecule has 17 N–H and O–H groups in total. The van der Waals surface area contributed by atoms with Gasteiger partial charge >= 0.3 is 5.97 Å². The van der Waals surface area contributed by atoms with Crippen LogP contribution in [-0.2, 0) is 61.6 Å². The summed E-state index contributed by atoms with van der Waals surface area (Å²) in [5.74, 6) is -1.33. The number of allylic oxidation sites excluding steroid dienone is 2. The first-order valence-corrected chi connectivity index (χ1v) is 32.5. The lowest BCUT2D eigenvalue weighted by atomic mass is 9.33. The van der Waals surface area contributed by atoms with Gasteiger partial charge in [0.15, 0.2) is 37.6 Å². The van der Waals surface area contributed by atoms with Gasteiger partial charge in [0, 0.05) is 5.41 Å². The van der Waals surface area contributed by atoms with Crippen LogP contribution in [0.2, 0.25) is 0 Å². The standard InChI is InChI=1S/C62H100O30/c1-25-43(87-50-41(76)44(31(69)21-82-50)88-54-47(78)62(80,23-65)24-84-54)38(73)40(75)51(85-25)90-46-36(71)30(68)20-83-53(46)92-55(79)61-14-12-56(2,3)16-27(61)26-8-9-34-57(4)17-28(66)48(58(5,22-64)33(57)10-11-60(34,7)59(26,6)13-15-61)91-52-42(77)45(37(72)32(18-63)86-52)89-49-39(74)35(70)29(67)19-81-49/h8,25,27-54,63-78,80H,9-24H2,1-7H3/t25-,27?,28-,29+,30-,31+,32+,33?,34+,35-,36-,37+,38-,39+,40+,41+,42+,43-,44-,45-,46+,47-,48-,49-,50-,51-,52-,53-,54-,57-,58-,59+,60+,61-,62+/m0/s1. The number of aliphatic hydroxyl groups excluding tert-OH is 16. The fraction of sp³-hybridized carbons (Fsp3) is 0.952. The summed E-state index contributed by atoms with van der Waals surface area (Å²) in [4.78, 5) is 15.5. The van der Waals surface area contributed by atoms with Crippen molar-refractivity contribution in [2.24, 2.45) is 50.2 Å². The zero-order valence-corrected chi connectivity index (χ0v) is 53.0. The minimum Gasteiger partial charge on any atom is -0.432 e. The predicted molar refractivity (Wildman–Crippen MR) is 305 cm³/mol. The zero-order valence-electron chi connectivity index (χ0n) is 53.0. The number of hydrogen-bond donors (Lipinski definition) is 17. The lowest BCUT2D eigenvalue weighted by Crippen LogP contribution is -2.70. The number of hydrogen-bond acceptors (Lipinski definition) is 30. The molecule has 0 aromatic rings. The quantitative estimate of drug-likeness (QED) is 0.0415. The van der Waals surface area contributed by atoms with Crippen LogP contribution < -0.4 is 0 Å². The molecule has 0 spiro atoms. The van der Waals surface area contributed by atoms with Gasteiger partial charge in [0.1, 0.15) is 103 Å². The first-order chi connectivity index (χ1) is 43.2. The normalized spacial score (nSPS) is 55.3. The molecule has 5 aliphatic carbocycles.